The van der Waals surface area contributed by atoms with Crippen LogP contribution in [0.2, 0.25) is 0 Å². The van der Waals surface area contributed by atoms with Crippen LogP contribution < -0.4 is 5.56 Å². The molecule has 2 aromatic heterocycles. The van der Waals surface area contributed by atoms with Gasteiger partial charge in [-0.25, -0.2) is 4.98 Å². The highest BCUT2D eigenvalue weighted by Crippen LogP contribution is 2.36. The van der Waals surface area contributed by atoms with Crippen LogP contribution in [-0.2, 0) is 24.2 Å². The number of hydrogen-bond donors (Lipinski definition) is 0. The van der Waals surface area contributed by atoms with Crippen molar-refractivity contribution in [2.45, 2.75) is 57.7 Å². The van der Waals surface area contributed by atoms with Crippen molar-refractivity contribution in [1.29, 1.82) is 0 Å². The summed E-state index contributed by atoms with van der Waals surface area (Å²) in [6, 6.07) is 0. The van der Waals surface area contributed by atoms with Gasteiger partial charge in [0.15, 0.2) is 5.16 Å². The van der Waals surface area contributed by atoms with Gasteiger partial charge in [0.05, 0.1) is 11.1 Å². The lowest BCUT2D eigenvalue weighted by atomic mass is 9.89. The van der Waals surface area contributed by atoms with E-state index in [4.69, 9.17) is 4.98 Å². The minimum absolute atomic E-state index is 0.0173. The highest BCUT2D eigenvalue weighted by molar-refractivity contribution is 7.99. The highest BCUT2D eigenvalue weighted by Gasteiger charge is 2.25. The molecule has 1 aliphatic carbocycles. The number of amides is 1. The Hall–Kier alpha value is -1.60. The van der Waals surface area contributed by atoms with Gasteiger partial charge in [0.25, 0.3) is 5.56 Å². The van der Waals surface area contributed by atoms with Crippen molar-refractivity contribution in [2.75, 3.05) is 18.8 Å². The Labute approximate surface area is 180 Å². The number of likely N-dealkylation sites (tertiary alicyclic amines) is 1. The zero-order valence-electron chi connectivity index (χ0n) is 17.3. The number of aryl methyl sites for hydroxylation is 1. The molecule has 0 bridgehead atoms. The maximum atomic E-state index is 13.3. The minimum atomic E-state index is 0.0173. The van der Waals surface area contributed by atoms with E-state index in [1.54, 1.807) is 22.0 Å². The van der Waals surface area contributed by atoms with Crippen LogP contribution in [0.1, 0.15) is 43.6 Å². The molecule has 1 saturated heterocycles. The third kappa shape index (κ3) is 4.17. The van der Waals surface area contributed by atoms with E-state index in [0.29, 0.717) is 29.3 Å². The van der Waals surface area contributed by atoms with Crippen LogP contribution >= 0.6 is 23.1 Å². The highest BCUT2D eigenvalue weighted by atomic mass is 32.2. The molecular formula is C22H29N3O2S2. The monoisotopic (exact) mass is 431 g/mol. The van der Waals surface area contributed by atoms with Gasteiger partial charge in [-0.1, -0.05) is 31.7 Å². The van der Waals surface area contributed by atoms with Crippen LogP contribution in [0, 0.1) is 11.8 Å². The SMILES string of the molecule is C=CCn1c(SCC(=O)N2CCC(C)CC2)nc2sc3c(c2c1=O)CC[C@H](C)C3. The molecule has 0 unspecified atom stereocenters. The lowest BCUT2D eigenvalue weighted by Gasteiger charge is -2.30. The molecular weight excluding hydrogens is 402 g/mol. The molecule has 0 aromatic carbocycles. The van der Waals surface area contributed by atoms with Crippen LogP contribution in [0.15, 0.2) is 22.6 Å². The van der Waals surface area contributed by atoms with Crippen molar-refractivity contribution < 1.29 is 4.79 Å². The van der Waals surface area contributed by atoms with Gasteiger partial charge in [-0.3, -0.25) is 14.2 Å². The van der Waals surface area contributed by atoms with E-state index in [9.17, 15) is 9.59 Å². The number of piperidine rings is 1. The van der Waals surface area contributed by atoms with E-state index >= 15 is 0 Å². The van der Waals surface area contributed by atoms with Gasteiger partial charge in [0, 0.05) is 24.5 Å². The summed E-state index contributed by atoms with van der Waals surface area (Å²) in [4.78, 5) is 34.9. The first-order valence-electron chi connectivity index (χ1n) is 10.5. The molecule has 29 heavy (non-hydrogen) atoms. The molecule has 0 saturated carbocycles. The number of fused-ring (bicyclic) bond motifs is 3. The fourth-order valence-corrected chi connectivity index (χ4v) is 6.62. The summed E-state index contributed by atoms with van der Waals surface area (Å²) in [6.07, 6.45) is 6.99. The number of thioether (sulfide) groups is 1. The quantitative estimate of drug-likeness (QED) is 0.406. The van der Waals surface area contributed by atoms with Crippen LogP contribution in [0.25, 0.3) is 10.2 Å². The zero-order valence-corrected chi connectivity index (χ0v) is 18.9. The number of nitrogens with zero attached hydrogens (tertiary/aromatic N) is 3. The molecule has 3 heterocycles. The normalized spacial score (nSPS) is 20.1. The van der Waals surface area contributed by atoms with Gasteiger partial charge in [-0.2, -0.15) is 0 Å². The predicted molar refractivity (Wildman–Crippen MR) is 121 cm³/mol. The molecule has 156 valence electrons. The molecule has 0 radical (unpaired) electrons. The summed E-state index contributed by atoms with van der Waals surface area (Å²) in [5, 5.41) is 1.42. The van der Waals surface area contributed by atoms with Gasteiger partial charge in [-0.05, 0) is 49.5 Å². The van der Waals surface area contributed by atoms with Gasteiger partial charge >= 0.3 is 0 Å². The second kappa shape index (κ2) is 8.64. The van der Waals surface area contributed by atoms with Gasteiger partial charge in [-0.15, -0.1) is 17.9 Å². The molecule has 1 amide bonds. The number of rotatable bonds is 5. The number of hydrogen-bond acceptors (Lipinski definition) is 5. The first-order valence-corrected chi connectivity index (χ1v) is 12.3. The van der Waals surface area contributed by atoms with Crippen molar-refractivity contribution >= 4 is 39.2 Å². The summed E-state index contributed by atoms with van der Waals surface area (Å²) in [7, 11) is 0. The van der Waals surface area contributed by atoms with E-state index in [2.05, 4.69) is 20.4 Å². The second-order valence-electron chi connectivity index (χ2n) is 8.48. The van der Waals surface area contributed by atoms with Crippen LogP contribution in [0.3, 0.4) is 0 Å². The Morgan fingerprint density at radius 2 is 2.03 bits per heavy atom. The third-order valence-corrected chi connectivity index (χ3v) is 8.26. The minimum Gasteiger partial charge on any atom is -0.342 e. The molecule has 2 aliphatic rings. The standard InChI is InChI=1S/C22H29N3O2S2/c1-4-9-25-21(27)19-16-6-5-15(3)12-17(16)29-20(19)23-22(25)28-13-18(26)24-10-7-14(2)8-11-24/h4,14-15H,1,5-13H2,2-3H3/t15-/m0/s1. The number of thiophene rings is 1. The Balaban J connectivity index is 1.61. The first-order chi connectivity index (χ1) is 14.0. The van der Waals surface area contributed by atoms with Gasteiger partial charge in [0.1, 0.15) is 4.83 Å². The molecule has 7 heteroatoms. The maximum Gasteiger partial charge on any atom is 0.263 e. The lowest BCUT2D eigenvalue weighted by Crippen LogP contribution is -2.39. The Morgan fingerprint density at radius 1 is 1.28 bits per heavy atom. The smallest absolute Gasteiger partial charge is 0.263 e. The summed E-state index contributed by atoms with van der Waals surface area (Å²) < 4.78 is 1.69. The number of carbonyl (C=O) groups is 1. The summed E-state index contributed by atoms with van der Waals surface area (Å²) in [5.74, 6) is 1.82. The van der Waals surface area contributed by atoms with Crippen LogP contribution in [-0.4, -0.2) is 39.2 Å². The predicted octanol–water partition coefficient (Wildman–Crippen LogP) is 4.12. The maximum absolute atomic E-state index is 13.3. The Morgan fingerprint density at radius 3 is 2.76 bits per heavy atom. The summed E-state index contributed by atoms with van der Waals surface area (Å²) >= 11 is 3.05. The topological polar surface area (TPSA) is 55.2 Å². The average Bonchev–Trinajstić information content (AvgIpc) is 3.06. The molecule has 2 aromatic rings. The number of allylic oxidation sites excluding steroid dienone is 1. The number of aromatic nitrogens is 2. The zero-order chi connectivity index (χ0) is 20.5. The van der Waals surface area contributed by atoms with E-state index in [-0.39, 0.29) is 11.5 Å². The number of carbonyl (C=O) groups excluding carboxylic acids is 1. The van der Waals surface area contributed by atoms with Crippen molar-refractivity contribution in [1.82, 2.24) is 14.5 Å². The van der Waals surface area contributed by atoms with Crippen molar-refractivity contribution in [3.05, 3.63) is 33.4 Å². The summed E-state index contributed by atoms with van der Waals surface area (Å²) in [6.45, 7) is 10.4. The molecule has 1 aliphatic heterocycles. The van der Waals surface area contributed by atoms with Crippen molar-refractivity contribution in [2.24, 2.45) is 11.8 Å². The second-order valence-corrected chi connectivity index (χ2v) is 10.5. The first kappa shape index (κ1) is 20.7. The van der Waals surface area contributed by atoms with Gasteiger partial charge in [0.2, 0.25) is 5.91 Å². The lowest BCUT2D eigenvalue weighted by molar-refractivity contribution is -0.129. The molecule has 0 spiro atoms. The van der Waals surface area contributed by atoms with E-state index in [1.807, 2.05) is 4.90 Å². The molecule has 4 rings (SSSR count). The van der Waals surface area contributed by atoms with E-state index < -0.39 is 0 Å². The largest absolute Gasteiger partial charge is 0.342 e. The molecule has 5 nitrogen and oxygen atoms in total. The Bertz CT molecular complexity index is 986. The molecule has 1 atom stereocenters. The van der Waals surface area contributed by atoms with E-state index in [1.165, 1.54) is 22.2 Å². The van der Waals surface area contributed by atoms with Crippen LogP contribution in [0.5, 0.6) is 0 Å². The van der Waals surface area contributed by atoms with Crippen molar-refractivity contribution in [3.63, 3.8) is 0 Å². The van der Waals surface area contributed by atoms with Crippen LogP contribution in [0.4, 0.5) is 0 Å². The Kier molecular flexibility index (Phi) is 6.16. The van der Waals surface area contributed by atoms with E-state index in [0.717, 1.165) is 55.4 Å². The third-order valence-electron chi connectivity index (χ3n) is 6.15. The fraction of sp³-hybridized carbons (Fsp3) is 0.591. The molecule has 1 fully saturated rings. The molecule has 0 N–H and O–H groups in total. The van der Waals surface area contributed by atoms with Crippen molar-refractivity contribution in [3.8, 4) is 0 Å². The summed E-state index contributed by atoms with van der Waals surface area (Å²) in [5.41, 5.74) is 1.22. The van der Waals surface area contributed by atoms with Gasteiger partial charge < -0.3 is 4.90 Å². The fourth-order valence-electron chi connectivity index (χ4n) is 4.28. The average molecular weight is 432 g/mol.